The van der Waals surface area contributed by atoms with Gasteiger partial charge in [0.25, 0.3) is 5.91 Å². The molecule has 110 valence electrons. The lowest BCUT2D eigenvalue weighted by Gasteiger charge is -2.05. The maximum atomic E-state index is 12.4. The Morgan fingerprint density at radius 3 is 2.50 bits per heavy atom. The van der Waals surface area contributed by atoms with E-state index < -0.39 is 0 Å². The number of para-hydroxylation sites is 1. The number of benzene rings is 2. The van der Waals surface area contributed by atoms with Crippen LogP contribution in [0, 0.1) is 6.92 Å². The van der Waals surface area contributed by atoms with Gasteiger partial charge in [0.2, 0.25) is 5.89 Å². The fourth-order valence-electron chi connectivity index (χ4n) is 2.06. The number of anilines is 1. The highest BCUT2D eigenvalue weighted by Crippen LogP contribution is 2.24. The number of rotatable bonds is 3. The number of nitrogens with one attached hydrogen (secondary N) is 1. The standard InChI is InChI=1S/C17H13BrN2O2/c1-11-15(16(21)19-14-10-6-5-9-13(14)18)20-17(22-11)12-7-3-2-4-8-12/h2-10H,1H3,(H,19,21). The molecule has 0 saturated carbocycles. The third kappa shape index (κ3) is 2.94. The smallest absolute Gasteiger partial charge is 0.277 e. The van der Waals surface area contributed by atoms with Gasteiger partial charge in [-0.2, -0.15) is 0 Å². The molecule has 0 fully saturated rings. The molecule has 4 nitrogen and oxygen atoms in total. The van der Waals surface area contributed by atoms with Gasteiger partial charge in [0.05, 0.1) is 5.69 Å². The van der Waals surface area contributed by atoms with E-state index in [9.17, 15) is 4.79 Å². The first-order chi connectivity index (χ1) is 10.6. The van der Waals surface area contributed by atoms with E-state index >= 15 is 0 Å². The van der Waals surface area contributed by atoms with E-state index in [1.165, 1.54) is 0 Å². The van der Waals surface area contributed by atoms with Crippen LogP contribution >= 0.6 is 15.9 Å². The number of aryl methyl sites for hydroxylation is 1. The maximum absolute atomic E-state index is 12.4. The highest BCUT2D eigenvalue weighted by atomic mass is 79.9. The first kappa shape index (κ1) is 14.5. The molecule has 0 aliphatic rings. The summed E-state index contributed by atoms with van der Waals surface area (Å²) in [6, 6.07) is 16.9. The molecular formula is C17H13BrN2O2. The minimum atomic E-state index is -0.296. The Balaban J connectivity index is 1.88. The monoisotopic (exact) mass is 356 g/mol. The third-order valence-electron chi connectivity index (χ3n) is 3.15. The van der Waals surface area contributed by atoms with Gasteiger partial charge in [0, 0.05) is 10.0 Å². The van der Waals surface area contributed by atoms with Gasteiger partial charge >= 0.3 is 0 Å². The molecule has 0 bridgehead atoms. The molecule has 0 aliphatic heterocycles. The second-order valence-electron chi connectivity index (χ2n) is 4.72. The van der Waals surface area contributed by atoms with Crippen LogP contribution in [0.5, 0.6) is 0 Å². The first-order valence-electron chi connectivity index (χ1n) is 6.74. The quantitative estimate of drug-likeness (QED) is 0.741. The van der Waals surface area contributed by atoms with E-state index in [0.717, 1.165) is 10.0 Å². The Morgan fingerprint density at radius 2 is 1.77 bits per heavy atom. The van der Waals surface area contributed by atoms with Gasteiger partial charge in [-0.3, -0.25) is 4.79 Å². The largest absolute Gasteiger partial charge is 0.441 e. The molecule has 0 aliphatic carbocycles. The summed E-state index contributed by atoms with van der Waals surface area (Å²) in [6.45, 7) is 1.73. The van der Waals surface area contributed by atoms with Gasteiger partial charge in [-0.15, -0.1) is 0 Å². The molecule has 0 spiro atoms. The van der Waals surface area contributed by atoms with Crippen LogP contribution in [0.25, 0.3) is 11.5 Å². The molecule has 1 amide bonds. The molecule has 5 heteroatoms. The van der Waals surface area contributed by atoms with Crippen molar-refractivity contribution < 1.29 is 9.21 Å². The minimum absolute atomic E-state index is 0.287. The molecule has 1 aromatic heterocycles. The van der Waals surface area contributed by atoms with E-state index in [2.05, 4.69) is 26.2 Å². The van der Waals surface area contributed by atoms with E-state index in [4.69, 9.17) is 4.42 Å². The summed E-state index contributed by atoms with van der Waals surface area (Å²) in [5.41, 5.74) is 1.82. The van der Waals surface area contributed by atoms with Crippen LogP contribution in [0.15, 0.2) is 63.5 Å². The van der Waals surface area contributed by atoms with Crippen molar-refractivity contribution >= 4 is 27.5 Å². The van der Waals surface area contributed by atoms with Crippen LogP contribution in [0.3, 0.4) is 0 Å². The summed E-state index contributed by atoms with van der Waals surface area (Å²) >= 11 is 3.40. The van der Waals surface area contributed by atoms with E-state index in [0.29, 0.717) is 17.3 Å². The molecule has 0 atom stereocenters. The molecule has 0 unspecified atom stereocenters. The van der Waals surface area contributed by atoms with Gasteiger partial charge in [-0.25, -0.2) is 4.98 Å². The Morgan fingerprint density at radius 1 is 1.09 bits per heavy atom. The molecule has 0 saturated heterocycles. The highest BCUT2D eigenvalue weighted by molar-refractivity contribution is 9.10. The highest BCUT2D eigenvalue weighted by Gasteiger charge is 2.18. The van der Waals surface area contributed by atoms with Gasteiger partial charge in [-0.1, -0.05) is 30.3 Å². The van der Waals surface area contributed by atoms with Crippen LogP contribution in [0.4, 0.5) is 5.69 Å². The zero-order valence-corrected chi connectivity index (χ0v) is 13.4. The van der Waals surface area contributed by atoms with Gasteiger partial charge in [0.15, 0.2) is 5.69 Å². The van der Waals surface area contributed by atoms with Gasteiger partial charge in [0.1, 0.15) is 5.76 Å². The SMILES string of the molecule is Cc1oc(-c2ccccc2)nc1C(=O)Nc1ccccc1Br. The van der Waals surface area contributed by atoms with Crippen molar-refractivity contribution in [1.82, 2.24) is 4.98 Å². The lowest BCUT2D eigenvalue weighted by Crippen LogP contribution is -2.13. The summed E-state index contributed by atoms with van der Waals surface area (Å²) in [5, 5.41) is 2.82. The average Bonchev–Trinajstić information content (AvgIpc) is 2.92. The van der Waals surface area contributed by atoms with Crippen molar-refractivity contribution in [3.8, 4) is 11.5 Å². The summed E-state index contributed by atoms with van der Waals surface area (Å²) in [4.78, 5) is 16.7. The van der Waals surface area contributed by atoms with Crippen molar-refractivity contribution in [3.63, 3.8) is 0 Å². The number of oxazole rings is 1. The number of carbonyl (C=O) groups is 1. The minimum Gasteiger partial charge on any atom is -0.441 e. The number of halogens is 1. The predicted octanol–water partition coefficient (Wildman–Crippen LogP) is 4.66. The molecular weight excluding hydrogens is 344 g/mol. The Bertz CT molecular complexity index is 813. The molecule has 2 aromatic carbocycles. The molecule has 3 rings (SSSR count). The van der Waals surface area contributed by atoms with Crippen molar-refractivity contribution in [1.29, 1.82) is 0 Å². The normalized spacial score (nSPS) is 10.5. The zero-order valence-electron chi connectivity index (χ0n) is 11.8. The summed E-state index contributed by atoms with van der Waals surface area (Å²) < 4.78 is 6.42. The second-order valence-corrected chi connectivity index (χ2v) is 5.58. The van der Waals surface area contributed by atoms with Crippen LogP contribution in [0.2, 0.25) is 0 Å². The molecule has 1 heterocycles. The maximum Gasteiger partial charge on any atom is 0.277 e. The number of hydrogen-bond acceptors (Lipinski definition) is 3. The Kier molecular flexibility index (Phi) is 4.06. The van der Waals surface area contributed by atoms with Gasteiger partial charge in [-0.05, 0) is 47.1 Å². The molecule has 0 radical (unpaired) electrons. The number of aromatic nitrogens is 1. The van der Waals surface area contributed by atoms with Crippen LogP contribution in [-0.4, -0.2) is 10.9 Å². The van der Waals surface area contributed by atoms with Crippen LogP contribution in [0.1, 0.15) is 16.2 Å². The summed E-state index contributed by atoms with van der Waals surface area (Å²) in [6.07, 6.45) is 0. The van der Waals surface area contributed by atoms with E-state index in [-0.39, 0.29) is 11.6 Å². The van der Waals surface area contributed by atoms with Crippen LogP contribution < -0.4 is 5.32 Å². The average molecular weight is 357 g/mol. The predicted molar refractivity (Wildman–Crippen MR) is 88.8 cm³/mol. The topological polar surface area (TPSA) is 55.1 Å². The lowest BCUT2D eigenvalue weighted by atomic mass is 10.2. The van der Waals surface area contributed by atoms with Crippen molar-refractivity contribution in [2.45, 2.75) is 6.92 Å². The Hall–Kier alpha value is -2.40. The van der Waals surface area contributed by atoms with E-state index in [1.54, 1.807) is 6.92 Å². The molecule has 1 N–H and O–H groups in total. The number of nitrogens with zero attached hydrogens (tertiary/aromatic N) is 1. The third-order valence-corrected chi connectivity index (χ3v) is 3.85. The number of hydrogen-bond donors (Lipinski definition) is 1. The Labute approximate surface area is 136 Å². The zero-order chi connectivity index (χ0) is 15.5. The van der Waals surface area contributed by atoms with Crippen molar-refractivity contribution in [3.05, 3.63) is 70.5 Å². The number of carbonyl (C=O) groups excluding carboxylic acids is 1. The fraction of sp³-hybridized carbons (Fsp3) is 0.0588. The molecule has 3 aromatic rings. The summed E-state index contributed by atoms with van der Waals surface area (Å²) in [7, 11) is 0. The summed E-state index contributed by atoms with van der Waals surface area (Å²) in [5.74, 6) is 0.633. The second kappa shape index (κ2) is 6.15. The van der Waals surface area contributed by atoms with Crippen molar-refractivity contribution in [2.75, 3.05) is 5.32 Å². The van der Waals surface area contributed by atoms with Crippen molar-refractivity contribution in [2.24, 2.45) is 0 Å². The molecule has 22 heavy (non-hydrogen) atoms. The van der Waals surface area contributed by atoms with Crippen LogP contribution in [-0.2, 0) is 0 Å². The van der Waals surface area contributed by atoms with Gasteiger partial charge < -0.3 is 9.73 Å². The van der Waals surface area contributed by atoms with E-state index in [1.807, 2.05) is 54.6 Å². The lowest BCUT2D eigenvalue weighted by molar-refractivity contribution is 0.102. The number of amides is 1. The fourth-order valence-corrected chi connectivity index (χ4v) is 2.44. The first-order valence-corrected chi connectivity index (χ1v) is 7.53.